The molecule has 3 N–H and O–H groups in total. The fourth-order valence-corrected chi connectivity index (χ4v) is 1.22. The predicted molar refractivity (Wildman–Crippen MR) is 56.5 cm³/mol. The molecule has 2 heterocycles. The van der Waals surface area contributed by atoms with Crippen molar-refractivity contribution in [2.45, 2.75) is 13.5 Å². The minimum Gasteiger partial charge on any atom is -0.472 e. The number of nitrogens with zero attached hydrogens (tertiary/aromatic N) is 3. The molecule has 0 radical (unpaired) electrons. The van der Waals surface area contributed by atoms with Gasteiger partial charge in [0.15, 0.2) is 11.3 Å². The summed E-state index contributed by atoms with van der Waals surface area (Å²) in [6.45, 7) is 2.22. The Balaban J connectivity index is 2.33. The van der Waals surface area contributed by atoms with E-state index in [2.05, 4.69) is 10.1 Å². The van der Waals surface area contributed by atoms with Gasteiger partial charge in [0.25, 0.3) is 0 Å². The molecule has 16 heavy (non-hydrogen) atoms. The van der Waals surface area contributed by atoms with E-state index >= 15 is 0 Å². The van der Waals surface area contributed by atoms with Gasteiger partial charge < -0.3 is 15.4 Å². The average molecular weight is 220 g/mol. The molecule has 0 bridgehead atoms. The van der Waals surface area contributed by atoms with Gasteiger partial charge in [0.05, 0.1) is 19.1 Å². The topological polar surface area (TPSA) is 89.6 Å². The zero-order chi connectivity index (χ0) is 11.5. The van der Waals surface area contributed by atoms with Gasteiger partial charge in [0.2, 0.25) is 0 Å². The van der Waals surface area contributed by atoms with E-state index in [1.165, 1.54) is 0 Å². The van der Waals surface area contributed by atoms with Gasteiger partial charge in [-0.05, 0) is 24.6 Å². The zero-order valence-electron chi connectivity index (χ0n) is 8.79. The molecule has 0 amide bonds. The lowest BCUT2D eigenvalue weighted by atomic mass is 10.3. The minimum absolute atomic E-state index is 0.282. The van der Waals surface area contributed by atoms with E-state index in [-0.39, 0.29) is 5.82 Å². The minimum atomic E-state index is 0.282. The maximum Gasteiger partial charge on any atom is 0.186 e. The SMILES string of the molecule is Cc1cc(=NCc2ccoc2)n(O)nc1N. The van der Waals surface area contributed by atoms with Crippen LogP contribution in [0.1, 0.15) is 11.1 Å². The van der Waals surface area contributed by atoms with E-state index in [0.29, 0.717) is 16.9 Å². The molecule has 0 saturated carbocycles. The number of rotatable bonds is 2. The van der Waals surface area contributed by atoms with Crippen LogP contribution in [-0.4, -0.2) is 15.2 Å². The molecular formula is C10H12N4O2. The van der Waals surface area contributed by atoms with Gasteiger partial charge in [-0.25, -0.2) is 0 Å². The Hall–Kier alpha value is -2.24. The highest BCUT2D eigenvalue weighted by Crippen LogP contribution is 2.02. The van der Waals surface area contributed by atoms with Crippen molar-refractivity contribution in [3.8, 4) is 0 Å². The summed E-state index contributed by atoms with van der Waals surface area (Å²) >= 11 is 0. The van der Waals surface area contributed by atoms with Crippen LogP contribution in [0.5, 0.6) is 0 Å². The van der Waals surface area contributed by atoms with Gasteiger partial charge in [-0.15, -0.1) is 5.10 Å². The molecule has 0 aliphatic rings. The first-order valence-corrected chi connectivity index (χ1v) is 4.74. The molecule has 0 aromatic carbocycles. The van der Waals surface area contributed by atoms with Gasteiger partial charge in [-0.1, -0.05) is 4.85 Å². The predicted octanol–water partition coefficient (Wildman–Crippen LogP) is 0.705. The molecule has 6 nitrogen and oxygen atoms in total. The van der Waals surface area contributed by atoms with Gasteiger partial charge >= 0.3 is 0 Å². The number of hydrogen-bond acceptors (Lipinski definition) is 5. The fraction of sp³-hybridized carbons (Fsp3) is 0.200. The molecule has 0 aliphatic carbocycles. The van der Waals surface area contributed by atoms with Crippen molar-refractivity contribution in [2.24, 2.45) is 4.99 Å². The monoisotopic (exact) mass is 220 g/mol. The van der Waals surface area contributed by atoms with E-state index in [0.717, 1.165) is 11.1 Å². The highest BCUT2D eigenvalue weighted by molar-refractivity contribution is 5.35. The van der Waals surface area contributed by atoms with Crippen molar-refractivity contribution in [1.82, 2.24) is 9.94 Å². The first kappa shape index (κ1) is 10.3. The number of hydrogen-bond donors (Lipinski definition) is 2. The fourth-order valence-electron chi connectivity index (χ4n) is 1.22. The van der Waals surface area contributed by atoms with Crippen LogP contribution >= 0.6 is 0 Å². The number of furan rings is 1. The quantitative estimate of drug-likeness (QED) is 0.729. The lowest BCUT2D eigenvalue weighted by molar-refractivity contribution is 0.132. The van der Waals surface area contributed by atoms with Crippen molar-refractivity contribution < 1.29 is 9.62 Å². The number of nitrogens with two attached hydrogens (primary N) is 1. The maximum atomic E-state index is 9.45. The highest BCUT2D eigenvalue weighted by Gasteiger charge is 1.99. The zero-order valence-corrected chi connectivity index (χ0v) is 8.79. The first-order chi connectivity index (χ1) is 7.66. The molecule has 0 atom stereocenters. The lowest BCUT2D eigenvalue weighted by Crippen LogP contribution is -2.23. The molecular weight excluding hydrogens is 208 g/mol. The van der Waals surface area contributed by atoms with Crippen molar-refractivity contribution in [3.63, 3.8) is 0 Å². The summed E-state index contributed by atoms with van der Waals surface area (Å²) in [7, 11) is 0. The van der Waals surface area contributed by atoms with Crippen molar-refractivity contribution in [1.29, 1.82) is 0 Å². The third-order valence-corrected chi connectivity index (χ3v) is 2.16. The summed E-state index contributed by atoms with van der Waals surface area (Å²) in [6, 6.07) is 3.48. The summed E-state index contributed by atoms with van der Waals surface area (Å²) in [6.07, 6.45) is 3.17. The second-order valence-corrected chi connectivity index (χ2v) is 3.41. The second kappa shape index (κ2) is 4.09. The van der Waals surface area contributed by atoms with Crippen molar-refractivity contribution in [3.05, 3.63) is 41.3 Å². The van der Waals surface area contributed by atoms with Crippen LogP contribution in [0.3, 0.4) is 0 Å². The molecule has 6 heteroatoms. The molecule has 84 valence electrons. The van der Waals surface area contributed by atoms with Crippen LogP contribution in [0.2, 0.25) is 0 Å². The van der Waals surface area contributed by atoms with Crippen LogP contribution in [0, 0.1) is 6.92 Å². The van der Waals surface area contributed by atoms with Gasteiger partial charge in [-0.2, -0.15) is 0 Å². The van der Waals surface area contributed by atoms with Gasteiger partial charge in [0.1, 0.15) is 0 Å². The van der Waals surface area contributed by atoms with E-state index < -0.39 is 0 Å². The van der Waals surface area contributed by atoms with Crippen LogP contribution in [0.4, 0.5) is 5.82 Å². The van der Waals surface area contributed by atoms with Gasteiger partial charge in [-0.3, -0.25) is 4.99 Å². The largest absolute Gasteiger partial charge is 0.472 e. The number of nitrogen functional groups attached to an aromatic ring is 1. The number of anilines is 1. The second-order valence-electron chi connectivity index (χ2n) is 3.41. The summed E-state index contributed by atoms with van der Waals surface area (Å²) in [5, 5.41) is 13.2. The Bertz CT molecular complexity index is 542. The Kier molecular flexibility index (Phi) is 2.63. The Morgan fingerprint density at radius 2 is 2.44 bits per heavy atom. The molecule has 0 unspecified atom stereocenters. The highest BCUT2D eigenvalue weighted by atomic mass is 16.5. The summed E-state index contributed by atoms with van der Waals surface area (Å²) in [5.74, 6) is 0.282. The van der Waals surface area contributed by atoms with Crippen LogP contribution in [0.15, 0.2) is 34.1 Å². The van der Waals surface area contributed by atoms with Crippen LogP contribution in [0.25, 0.3) is 0 Å². The van der Waals surface area contributed by atoms with Crippen molar-refractivity contribution in [2.75, 3.05) is 5.73 Å². The van der Waals surface area contributed by atoms with E-state index in [4.69, 9.17) is 10.2 Å². The smallest absolute Gasteiger partial charge is 0.186 e. The molecule has 2 aromatic heterocycles. The summed E-state index contributed by atoms with van der Waals surface area (Å²) in [5.41, 5.74) is 7.59. The average Bonchev–Trinajstić information content (AvgIpc) is 2.74. The van der Waals surface area contributed by atoms with Gasteiger partial charge in [0, 0.05) is 5.56 Å². The third kappa shape index (κ3) is 2.05. The molecule has 0 aliphatic heterocycles. The molecule has 2 aromatic rings. The lowest BCUT2D eigenvalue weighted by Gasteiger charge is -2.01. The van der Waals surface area contributed by atoms with Crippen molar-refractivity contribution >= 4 is 5.82 Å². The summed E-state index contributed by atoms with van der Waals surface area (Å²) < 4.78 is 4.91. The Morgan fingerprint density at radius 1 is 1.62 bits per heavy atom. The maximum absolute atomic E-state index is 9.45. The first-order valence-electron chi connectivity index (χ1n) is 4.74. The van der Waals surface area contributed by atoms with E-state index in [1.807, 2.05) is 6.07 Å². The molecule has 0 fully saturated rings. The van der Waals surface area contributed by atoms with E-state index in [1.54, 1.807) is 25.5 Å². The Morgan fingerprint density at radius 3 is 3.12 bits per heavy atom. The van der Waals surface area contributed by atoms with E-state index in [9.17, 15) is 5.21 Å². The molecule has 0 saturated heterocycles. The molecule has 2 rings (SSSR count). The standard InChI is InChI=1S/C10H12N4O2/c1-7-4-9(14(15)13-10(7)11)12-5-8-2-3-16-6-8/h2-4,6,15H,5H2,1H3,(H2,11,13). The summed E-state index contributed by atoms with van der Waals surface area (Å²) in [4.78, 5) is 4.85. The van der Waals surface area contributed by atoms with Crippen LogP contribution in [-0.2, 0) is 6.54 Å². The number of aromatic nitrogens is 2. The molecule has 0 spiro atoms. The number of aryl methyl sites for hydroxylation is 1. The third-order valence-electron chi connectivity index (χ3n) is 2.16. The normalized spacial score (nSPS) is 11.9. The Labute approximate surface area is 91.6 Å². The van der Waals surface area contributed by atoms with Crippen LogP contribution < -0.4 is 11.2 Å².